The SMILES string of the molecule is COc1c(F)cccc1Nc1c(-c2ccnc(C)n2)[nH]c2c1C(=O)NCC2C[C@H]1COCCO1. The van der Waals surface area contributed by atoms with Gasteiger partial charge in [-0.25, -0.2) is 14.4 Å². The highest BCUT2D eigenvalue weighted by molar-refractivity contribution is 6.06. The maximum atomic E-state index is 14.4. The van der Waals surface area contributed by atoms with Crippen molar-refractivity contribution in [1.29, 1.82) is 0 Å². The smallest absolute Gasteiger partial charge is 0.255 e. The third-order valence-electron chi connectivity index (χ3n) is 6.07. The van der Waals surface area contributed by atoms with E-state index in [-0.39, 0.29) is 23.7 Å². The predicted molar refractivity (Wildman–Crippen MR) is 123 cm³/mol. The molecule has 2 aliphatic heterocycles. The number of aromatic amines is 1. The molecule has 3 aromatic rings. The van der Waals surface area contributed by atoms with Gasteiger partial charge in [0.25, 0.3) is 5.91 Å². The van der Waals surface area contributed by atoms with Gasteiger partial charge in [-0.15, -0.1) is 0 Å². The summed E-state index contributed by atoms with van der Waals surface area (Å²) < 4.78 is 31.1. The number of nitrogens with one attached hydrogen (secondary N) is 3. The largest absolute Gasteiger partial charge is 0.492 e. The van der Waals surface area contributed by atoms with Crippen LogP contribution in [0.3, 0.4) is 0 Å². The fourth-order valence-electron chi connectivity index (χ4n) is 4.52. The number of fused-ring (bicyclic) bond motifs is 1. The molecule has 0 aliphatic carbocycles. The van der Waals surface area contributed by atoms with Crippen LogP contribution in [0.5, 0.6) is 5.75 Å². The Hall–Kier alpha value is -3.50. The first-order valence-corrected chi connectivity index (χ1v) is 11.2. The number of hydrogen-bond donors (Lipinski definition) is 3. The summed E-state index contributed by atoms with van der Waals surface area (Å²) in [6.45, 7) is 3.93. The Morgan fingerprint density at radius 3 is 2.94 bits per heavy atom. The number of carbonyl (C=O) groups is 1. The maximum absolute atomic E-state index is 14.4. The molecular weight excluding hydrogens is 441 g/mol. The molecule has 2 aromatic heterocycles. The normalized spacial score (nSPS) is 19.9. The van der Waals surface area contributed by atoms with Crippen LogP contribution < -0.4 is 15.4 Å². The number of amides is 1. The molecule has 4 heterocycles. The van der Waals surface area contributed by atoms with Crippen molar-refractivity contribution in [3.8, 4) is 17.1 Å². The molecule has 10 heteroatoms. The number of ether oxygens (including phenoxy) is 3. The van der Waals surface area contributed by atoms with Gasteiger partial charge in [-0.1, -0.05) is 6.07 Å². The molecule has 1 fully saturated rings. The zero-order chi connectivity index (χ0) is 23.7. The third-order valence-corrected chi connectivity index (χ3v) is 6.07. The molecule has 34 heavy (non-hydrogen) atoms. The summed E-state index contributed by atoms with van der Waals surface area (Å²) in [6, 6.07) is 6.36. The van der Waals surface area contributed by atoms with Gasteiger partial charge in [0.2, 0.25) is 0 Å². The summed E-state index contributed by atoms with van der Waals surface area (Å²) in [5, 5.41) is 6.23. The number of H-pyrrole nitrogens is 1. The second kappa shape index (κ2) is 9.40. The molecular formula is C24H26FN5O4. The van der Waals surface area contributed by atoms with Crippen LogP contribution in [0.1, 0.15) is 34.2 Å². The summed E-state index contributed by atoms with van der Waals surface area (Å²) in [5.74, 6) is -0.103. The molecule has 0 saturated carbocycles. The molecule has 178 valence electrons. The number of carbonyl (C=O) groups excluding carboxylic acids is 1. The number of anilines is 2. The zero-order valence-corrected chi connectivity index (χ0v) is 19.0. The van der Waals surface area contributed by atoms with Crippen molar-refractivity contribution >= 4 is 17.3 Å². The Morgan fingerprint density at radius 2 is 2.18 bits per heavy atom. The van der Waals surface area contributed by atoms with E-state index in [0.717, 1.165) is 5.69 Å². The molecule has 9 nitrogen and oxygen atoms in total. The third kappa shape index (κ3) is 4.22. The minimum atomic E-state index is -0.506. The molecule has 3 N–H and O–H groups in total. The van der Waals surface area contributed by atoms with Gasteiger partial charge in [-0.05, 0) is 31.5 Å². The summed E-state index contributed by atoms with van der Waals surface area (Å²) in [6.07, 6.45) is 2.28. The first kappa shape index (κ1) is 22.3. The lowest BCUT2D eigenvalue weighted by Crippen LogP contribution is -2.38. The van der Waals surface area contributed by atoms with Crippen LogP contribution in [0.25, 0.3) is 11.4 Å². The summed E-state index contributed by atoms with van der Waals surface area (Å²) in [4.78, 5) is 25.3. The average Bonchev–Trinajstić information content (AvgIpc) is 3.22. The van der Waals surface area contributed by atoms with Crippen LogP contribution in [0.15, 0.2) is 30.5 Å². The van der Waals surface area contributed by atoms with Crippen LogP contribution >= 0.6 is 0 Å². The van der Waals surface area contributed by atoms with Crippen molar-refractivity contribution in [2.24, 2.45) is 0 Å². The number of benzene rings is 1. The van der Waals surface area contributed by atoms with Gasteiger partial charge in [-0.2, -0.15) is 0 Å². The number of rotatable bonds is 6. The van der Waals surface area contributed by atoms with E-state index in [2.05, 4.69) is 25.6 Å². The number of methoxy groups -OCH3 is 1. The Morgan fingerprint density at radius 1 is 1.29 bits per heavy atom. The van der Waals surface area contributed by atoms with Gasteiger partial charge >= 0.3 is 0 Å². The first-order chi connectivity index (χ1) is 16.5. The highest BCUT2D eigenvalue weighted by Gasteiger charge is 2.35. The van der Waals surface area contributed by atoms with Crippen molar-refractivity contribution in [2.45, 2.75) is 25.4 Å². The Kier molecular flexibility index (Phi) is 6.16. The predicted octanol–water partition coefficient (Wildman–Crippen LogP) is 3.30. The fraction of sp³-hybridized carbons (Fsp3) is 0.375. The molecule has 0 bridgehead atoms. The fourth-order valence-corrected chi connectivity index (χ4v) is 4.52. The highest BCUT2D eigenvalue weighted by atomic mass is 19.1. The lowest BCUT2D eigenvalue weighted by molar-refractivity contribution is -0.0928. The second-order valence-corrected chi connectivity index (χ2v) is 8.31. The van der Waals surface area contributed by atoms with Crippen molar-refractivity contribution in [3.63, 3.8) is 0 Å². The van der Waals surface area contributed by atoms with E-state index in [1.165, 1.54) is 13.2 Å². The lowest BCUT2D eigenvalue weighted by atomic mass is 9.91. The van der Waals surface area contributed by atoms with E-state index in [9.17, 15) is 9.18 Å². The van der Waals surface area contributed by atoms with E-state index in [1.807, 2.05) is 0 Å². The van der Waals surface area contributed by atoms with Crippen LogP contribution in [-0.2, 0) is 9.47 Å². The number of hydrogen-bond acceptors (Lipinski definition) is 7. The quantitative estimate of drug-likeness (QED) is 0.510. The maximum Gasteiger partial charge on any atom is 0.255 e. The summed E-state index contributed by atoms with van der Waals surface area (Å²) >= 11 is 0. The van der Waals surface area contributed by atoms with E-state index >= 15 is 0 Å². The number of halogens is 1. The Labute approximate surface area is 196 Å². The van der Waals surface area contributed by atoms with Crippen LogP contribution in [-0.4, -0.2) is 60.4 Å². The van der Waals surface area contributed by atoms with Gasteiger partial charge in [-0.3, -0.25) is 4.79 Å². The van der Waals surface area contributed by atoms with Crippen LogP contribution in [0.2, 0.25) is 0 Å². The minimum Gasteiger partial charge on any atom is -0.492 e. The van der Waals surface area contributed by atoms with Gasteiger partial charge in [0, 0.05) is 24.4 Å². The number of aryl methyl sites for hydroxylation is 1. The lowest BCUT2D eigenvalue weighted by Gasteiger charge is -2.29. The summed E-state index contributed by atoms with van der Waals surface area (Å²) in [7, 11) is 1.40. The van der Waals surface area contributed by atoms with E-state index < -0.39 is 5.82 Å². The molecule has 5 rings (SSSR count). The topological polar surface area (TPSA) is 110 Å². The van der Waals surface area contributed by atoms with Crippen molar-refractivity contribution in [2.75, 3.05) is 38.8 Å². The van der Waals surface area contributed by atoms with Crippen LogP contribution in [0.4, 0.5) is 15.8 Å². The molecule has 2 atom stereocenters. The first-order valence-electron chi connectivity index (χ1n) is 11.2. The molecule has 1 unspecified atom stereocenters. The van der Waals surface area contributed by atoms with E-state index in [1.54, 1.807) is 31.3 Å². The number of nitrogens with zero attached hydrogens (tertiary/aromatic N) is 2. The molecule has 1 amide bonds. The Balaban J connectivity index is 1.62. The monoisotopic (exact) mass is 467 g/mol. The Bertz CT molecular complexity index is 1210. The molecule has 2 aliphatic rings. The van der Waals surface area contributed by atoms with E-state index in [4.69, 9.17) is 14.2 Å². The average molecular weight is 468 g/mol. The van der Waals surface area contributed by atoms with Crippen LogP contribution in [0, 0.1) is 12.7 Å². The van der Waals surface area contributed by atoms with Crippen molar-refractivity contribution in [1.82, 2.24) is 20.3 Å². The number of aromatic nitrogens is 3. The molecule has 0 radical (unpaired) electrons. The van der Waals surface area contributed by atoms with Crippen molar-refractivity contribution in [3.05, 3.63) is 53.4 Å². The van der Waals surface area contributed by atoms with Gasteiger partial charge < -0.3 is 29.8 Å². The van der Waals surface area contributed by atoms with E-state index in [0.29, 0.717) is 66.9 Å². The van der Waals surface area contributed by atoms with Gasteiger partial charge in [0.1, 0.15) is 5.82 Å². The standard InChI is InChI=1S/C24H26FN5O4/c1-13-26-7-6-17(28-13)21-22(29-18-5-3-4-16(25)23(18)32-2)19-20(30-21)14(11-27-24(19)31)10-15-12-33-8-9-34-15/h3-7,14-15,29-30H,8-12H2,1-2H3,(H,27,31)/t14?,15-/m0/s1. The van der Waals surface area contributed by atoms with Gasteiger partial charge in [0.05, 0.1) is 61.4 Å². The molecule has 0 spiro atoms. The zero-order valence-electron chi connectivity index (χ0n) is 19.0. The minimum absolute atomic E-state index is 0.0222. The number of para-hydroxylation sites is 1. The molecule has 1 aromatic carbocycles. The van der Waals surface area contributed by atoms with Gasteiger partial charge in [0.15, 0.2) is 11.6 Å². The second-order valence-electron chi connectivity index (χ2n) is 8.31. The molecule has 1 saturated heterocycles. The highest BCUT2D eigenvalue weighted by Crippen LogP contribution is 2.42. The van der Waals surface area contributed by atoms with Crippen molar-refractivity contribution < 1.29 is 23.4 Å². The summed E-state index contributed by atoms with van der Waals surface area (Å²) in [5.41, 5.74) is 3.37.